The van der Waals surface area contributed by atoms with Gasteiger partial charge in [-0.1, -0.05) is 39.0 Å². The topological polar surface area (TPSA) is 40.5 Å². The number of aliphatic hydroxyl groups excluding tert-OH is 1. The first-order valence-electron chi connectivity index (χ1n) is 6.84. The Morgan fingerprint density at radius 2 is 2.00 bits per heavy atom. The highest BCUT2D eigenvalue weighted by Crippen LogP contribution is 2.34. The number of aliphatic hydroxyl groups is 1. The molecule has 1 atom stereocenters. The number of nitrogens with zero attached hydrogens (tertiary/aromatic N) is 1. The average Bonchev–Trinajstić information content (AvgIpc) is 2.35. The van der Waals surface area contributed by atoms with Crippen molar-refractivity contribution in [1.29, 1.82) is 0 Å². The molecule has 1 unspecified atom stereocenters. The van der Waals surface area contributed by atoms with E-state index in [1.54, 1.807) is 6.92 Å². The average molecular weight is 261 g/mol. The minimum atomic E-state index is -0.481. The van der Waals surface area contributed by atoms with Crippen LogP contribution in [0.5, 0.6) is 0 Å². The largest absolute Gasteiger partial charge is 0.388 e. The normalized spacial score (nSPS) is 17.0. The highest BCUT2D eigenvalue weighted by molar-refractivity contribution is 5.73. The van der Waals surface area contributed by atoms with Crippen LogP contribution in [0.25, 0.3) is 0 Å². The number of carbonyl (C=O) groups is 1. The lowest BCUT2D eigenvalue weighted by molar-refractivity contribution is -0.129. The van der Waals surface area contributed by atoms with Crippen LogP contribution in [0.1, 0.15) is 50.5 Å². The van der Waals surface area contributed by atoms with E-state index in [9.17, 15) is 9.90 Å². The number of rotatable bonds is 1. The van der Waals surface area contributed by atoms with Gasteiger partial charge in [0.1, 0.15) is 0 Å². The number of hydrogen-bond acceptors (Lipinski definition) is 2. The number of carbonyl (C=O) groups excluding carboxylic acids is 1. The Balaban J connectivity index is 2.28. The molecule has 19 heavy (non-hydrogen) atoms. The van der Waals surface area contributed by atoms with Gasteiger partial charge in [-0.3, -0.25) is 4.79 Å². The van der Waals surface area contributed by atoms with E-state index in [4.69, 9.17) is 0 Å². The smallest absolute Gasteiger partial charge is 0.219 e. The van der Waals surface area contributed by atoms with Crippen LogP contribution in [0, 0.1) is 5.41 Å². The Hall–Kier alpha value is -1.35. The second-order valence-electron chi connectivity index (χ2n) is 6.49. The van der Waals surface area contributed by atoms with Gasteiger partial charge >= 0.3 is 0 Å². The number of benzene rings is 1. The van der Waals surface area contributed by atoms with Crippen molar-refractivity contribution in [3.63, 3.8) is 0 Å². The summed E-state index contributed by atoms with van der Waals surface area (Å²) in [5.41, 5.74) is 3.23. The first-order valence-corrected chi connectivity index (χ1v) is 6.84. The summed E-state index contributed by atoms with van der Waals surface area (Å²) >= 11 is 0. The molecule has 3 nitrogen and oxygen atoms in total. The van der Waals surface area contributed by atoms with Crippen LogP contribution in [-0.2, 0) is 17.8 Å². The molecule has 1 heterocycles. The Morgan fingerprint density at radius 1 is 1.32 bits per heavy atom. The molecule has 2 rings (SSSR count). The fourth-order valence-corrected chi connectivity index (χ4v) is 2.52. The van der Waals surface area contributed by atoms with Gasteiger partial charge in [0.15, 0.2) is 0 Å². The lowest BCUT2D eigenvalue weighted by Crippen LogP contribution is -2.34. The molecule has 1 aromatic carbocycles. The predicted molar refractivity (Wildman–Crippen MR) is 75.7 cm³/mol. The van der Waals surface area contributed by atoms with Crippen LogP contribution in [0.2, 0.25) is 0 Å². The van der Waals surface area contributed by atoms with E-state index < -0.39 is 6.10 Å². The fourth-order valence-electron chi connectivity index (χ4n) is 2.52. The van der Waals surface area contributed by atoms with Gasteiger partial charge < -0.3 is 10.0 Å². The summed E-state index contributed by atoms with van der Waals surface area (Å²) in [6.07, 6.45) is 0.423. The maximum Gasteiger partial charge on any atom is 0.219 e. The molecule has 0 aliphatic carbocycles. The van der Waals surface area contributed by atoms with Gasteiger partial charge in [-0.05, 0) is 28.5 Å². The quantitative estimate of drug-likeness (QED) is 0.844. The van der Waals surface area contributed by atoms with Gasteiger partial charge in [-0.15, -0.1) is 0 Å². The lowest BCUT2D eigenvalue weighted by atomic mass is 9.83. The van der Waals surface area contributed by atoms with E-state index in [0.29, 0.717) is 6.54 Å². The van der Waals surface area contributed by atoms with E-state index in [0.717, 1.165) is 18.5 Å². The minimum Gasteiger partial charge on any atom is -0.388 e. The monoisotopic (exact) mass is 261 g/mol. The molecule has 1 aliphatic heterocycles. The fraction of sp³-hybridized carbons (Fsp3) is 0.562. The van der Waals surface area contributed by atoms with Gasteiger partial charge in [0, 0.05) is 20.0 Å². The Labute approximate surface area is 115 Å². The highest BCUT2D eigenvalue weighted by atomic mass is 16.3. The molecule has 0 fully saturated rings. The van der Waals surface area contributed by atoms with Gasteiger partial charge in [0.25, 0.3) is 0 Å². The summed E-state index contributed by atoms with van der Waals surface area (Å²) < 4.78 is 0. The molecule has 0 saturated carbocycles. The van der Waals surface area contributed by atoms with Crippen LogP contribution in [0.15, 0.2) is 18.2 Å². The molecule has 0 spiro atoms. The van der Waals surface area contributed by atoms with Crippen molar-refractivity contribution < 1.29 is 9.90 Å². The summed E-state index contributed by atoms with van der Waals surface area (Å²) in [6.45, 7) is 9.15. The van der Waals surface area contributed by atoms with Gasteiger partial charge in [-0.25, -0.2) is 0 Å². The summed E-state index contributed by atoms with van der Waals surface area (Å²) in [5.74, 6) is 0.118. The lowest BCUT2D eigenvalue weighted by Gasteiger charge is -2.30. The Morgan fingerprint density at radius 3 is 2.58 bits per heavy atom. The first kappa shape index (κ1) is 14.1. The van der Waals surface area contributed by atoms with Crippen LogP contribution < -0.4 is 0 Å². The molecular formula is C16H23NO2. The number of amides is 1. The van der Waals surface area contributed by atoms with Gasteiger partial charge in [0.05, 0.1) is 6.10 Å². The highest BCUT2D eigenvalue weighted by Gasteiger charge is 2.25. The van der Waals surface area contributed by atoms with Crippen molar-refractivity contribution in [2.45, 2.75) is 46.8 Å². The summed E-state index contributed by atoms with van der Waals surface area (Å²) in [4.78, 5) is 13.3. The van der Waals surface area contributed by atoms with E-state index in [2.05, 4.69) is 12.1 Å². The first-order chi connectivity index (χ1) is 8.79. The van der Waals surface area contributed by atoms with Crippen molar-refractivity contribution in [3.05, 3.63) is 34.9 Å². The van der Waals surface area contributed by atoms with E-state index >= 15 is 0 Å². The SMILES string of the molecule is CC(=O)N1CCc2ccc(C(O)C(C)(C)C)cc2C1. The Kier molecular flexibility index (Phi) is 3.68. The van der Waals surface area contributed by atoms with Crippen LogP contribution >= 0.6 is 0 Å². The summed E-state index contributed by atoms with van der Waals surface area (Å²) in [6, 6.07) is 6.16. The van der Waals surface area contributed by atoms with Crippen molar-refractivity contribution in [3.8, 4) is 0 Å². The van der Waals surface area contributed by atoms with Crippen LogP contribution in [0.4, 0.5) is 0 Å². The van der Waals surface area contributed by atoms with Crippen LogP contribution in [0.3, 0.4) is 0 Å². The zero-order valence-electron chi connectivity index (χ0n) is 12.2. The van der Waals surface area contributed by atoms with Crippen molar-refractivity contribution >= 4 is 5.91 Å². The molecule has 0 saturated heterocycles. The zero-order valence-corrected chi connectivity index (χ0v) is 12.2. The van der Waals surface area contributed by atoms with Crippen molar-refractivity contribution in [2.75, 3.05) is 6.54 Å². The Bertz CT molecular complexity index is 488. The zero-order chi connectivity index (χ0) is 14.2. The molecule has 104 valence electrons. The number of hydrogen-bond donors (Lipinski definition) is 1. The van der Waals surface area contributed by atoms with Gasteiger partial charge in [0.2, 0.25) is 5.91 Å². The van der Waals surface area contributed by atoms with Crippen molar-refractivity contribution in [2.24, 2.45) is 5.41 Å². The maximum absolute atomic E-state index is 11.5. The molecule has 0 bridgehead atoms. The second-order valence-corrected chi connectivity index (χ2v) is 6.49. The molecule has 1 amide bonds. The molecule has 1 aromatic rings. The van der Waals surface area contributed by atoms with Crippen LogP contribution in [-0.4, -0.2) is 22.5 Å². The molecule has 0 aromatic heterocycles. The predicted octanol–water partition coefficient (Wildman–Crippen LogP) is 2.67. The maximum atomic E-state index is 11.5. The molecule has 1 N–H and O–H groups in total. The van der Waals surface area contributed by atoms with E-state index in [1.807, 2.05) is 31.7 Å². The summed E-state index contributed by atoms with van der Waals surface area (Å²) in [5, 5.41) is 10.4. The minimum absolute atomic E-state index is 0.118. The molecular weight excluding hydrogens is 238 g/mol. The standard InChI is InChI=1S/C16H23NO2/c1-11(18)17-8-7-12-5-6-13(9-14(12)10-17)15(19)16(2,3)4/h5-6,9,15,19H,7-8,10H2,1-4H3. The second kappa shape index (κ2) is 4.97. The third-order valence-electron chi connectivity index (χ3n) is 3.82. The molecule has 3 heteroatoms. The third kappa shape index (κ3) is 2.98. The third-order valence-corrected chi connectivity index (χ3v) is 3.82. The van der Waals surface area contributed by atoms with E-state index in [-0.39, 0.29) is 11.3 Å². The number of fused-ring (bicyclic) bond motifs is 1. The van der Waals surface area contributed by atoms with E-state index in [1.165, 1.54) is 11.1 Å². The van der Waals surface area contributed by atoms with Crippen molar-refractivity contribution in [1.82, 2.24) is 4.90 Å². The summed E-state index contributed by atoms with van der Waals surface area (Å²) in [7, 11) is 0. The molecule has 1 aliphatic rings. The molecule has 0 radical (unpaired) electrons. The van der Waals surface area contributed by atoms with Gasteiger partial charge in [-0.2, -0.15) is 0 Å².